The van der Waals surface area contributed by atoms with Gasteiger partial charge in [0.05, 0.1) is 0 Å². The minimum absolute atomic E-state index is 0.200. The van der Waals surface area contributed by atoms with Crippen molar-refractivity contribution in [3.05, 3.63) is 0 Å². The molecule has 1 atom stereocenters. The first-order chi connectivity index (χ1) is 5.11. The minimum Gasteiger partial charge on any atom is -0.338 e. The maximum Gasteiger partial charge on any atom is 0.219 e. The molecule has 0 radical (unpaired) electrons. The molecule has 1 aliphatic rings. The van der Waals surface area contributed by atoms with Gasteiger partial charge in [0.15, 0.2) is 0 Å². The third-order valence-electron chi connectivity index (χ3n) is 2.24. The van der Waals surface area contributed by atoms with Crippen molar-refractivity contribution in [2.24, 2.45) is 0 Å². The van der Waals surface area contributed by atoms with Gasteiger partial charge in [-0.15, -0.1) is 0 Å². The number of hydrogen-bond acceptors (Lipinski definition) is 2. The number of rotatable bonds is 0. The molecule has 1 fully saturated rings. The van der Waals surface area contributed by atoms with Gasteiger partial charge in [-0.05, 0) is 14.0 Å². The Balaban J connectivity index is 2.50. The highest BCUT2D eigenvalue weighted by molar-refractivity contribution is 5.73. The van der Waals surface area contributed by atoms with Gasteiger partial charge in [-0.2, -0.15) is 0 Å². The molecule has 0 aromatic rings. The second kappa shape index (κ2) is 3.22. The highest BCUT2D eigenvalue weighted by Crippen LogP contribution is 2.06. The van der Waals surface area contributed by atoms with Crippen molar-refractivity contribution < 1.29 is 4.79 Å². The van der Waals surface area contributed by atoms with Crippen molar-refractivity contribution in [1.82, 2.24) is 9.80 Å². The van der Waals surface area contributed by atoms with Crippen molar-refractivity contribution in [1.29, 1.82) is 0 Å². The first kappa shape index (κ1) is 8.53. The van der Waals surface area contributed by atoms with Crippen molar-refractivity contribution >= 4 is 5.91 Å². The van der Waals surface area contributed by atoms with Crippen LogP contribution in [0.1, 0.15) is 13.8 Å². The molecule has 3 nitrogen and oxygen atoms in total. The second-order valence-electron chi connectivity index (χ2n) is 3.32. The Morgan fingerprint density at radius 3 is 2.55 bits per heavy atom. The summed E-state index contributed by atoms with van der Waals surface area (Å²) in [7, 11) is 2.09. The monoisotopic (exact) mass is 156 g/mol. The number of hydrogen-bond donors (Lipinski definition) is 0. The lowest BCUT2D eigenvalue weighted by atomic mass is 10.2. The maximum atomic E-state index is 11.0. The lowest BCUT2D eigenvalue weighted by molar-refractivity contribution is -0.132. The summed E-state index contributed by atoms with van der Waals surface area (Å²) in [5.74, 6) is 0.200. The molecule has 0 N–H and O–H groups in total. The summed E-state index contributed by atoms with van der Waals surface area (Å²) in [6, 6.07) is 0.381. The van der Waals surface area contributed by atoms with Crippen LogP contribution in [0.5, 0.6) is 0 Å². The summed E-state index contributed by atoms with van der Waals surface area (Å²) in [4.78, 5) is 15.2. The van der Waals surface area contributed by atoms with Crippen LogP contribution in [0.15, 0.2) is 0 Å². The molecule has 0 bridgehead atoms. The van der Waals surface area contributed by atoms with E-state index >= 15 is 0 Å². The van der Waals surface area contributed by atoms with Gasteiger partial charge in [0.1, 0.15) is 0 Å². The number of carbonyl (C=O) groups is 1. The minimum atomic E-state index is 0.200. The molecule has 1 heterocycles. The van der Waals surface area contributed by atoms with Crippen LogP contribution in [0, 0.1) is 0 Å². The van der Waals surface area contributed by atoms with Crippen LogP contribution in [0.4, 0.5) is 0 Å². The van der Waals surface area contributed by atoms with Gasteiger partial charge >= 0.3 is 0 Å². The fourth-order valence-corrected chi connectivity index (χ4v) is 1.61. The zero-order valence-corrected chi connectivity index (χ0v) is 7.50. The van der Waals surface area contributed by atoms with Crippen LogP contribution in [0.3, 0.4) is 0 Å². The molecule has 3 heteroatoms. The molecule has 0 aliphatic carbocycles. The molecule has 1 rings (SSSR count). The van der Waals surface area contributed by atoms with E-state index in [2.05, 4.69) is 18.9 Å². The van der Waals surface area contributed by atoms with Crippen LogP contribution in [0.2, 0.25) is 0 Å². The first-order valence-corrected chi connectivity index (χ1v) is 4.07. The Morgan fingerprint density at radius 2 is 2.09 bits per heavy atom. The van der Waals surface area contributed by atoms with E-state index < -0.39 is 0 Å². The van der Waals surface area contributed by atoms with E-state index in [1.807, 2.05) is 4.90 Å². The van der Waals surface area contributed by atoms with Crippen LogP contribution >= 0.6 is 0 Å². The molecule has 64 valence electrons. The summed E-state index contributed by atoms with van der Waals surface area (Å²) in [5.41, 5.74) is 0. The molecule has 1 amide bonds. The second-order valence-corrected chi connectivity index (χ2v) is 3.32. The zero-order chi connectivity index (χ0) is 8.43. The largest absolute Gasteiger partial charge is 0.338 e. The van der Waals surface area contributed by atoms with Crippen LogP contribution in [-0.4, -0.2) is 48.4 Å². The Labute approximate surface area is 68.0 Å². The van der Waals surface area contributed by atoms with Gasteiger partial charge in [0.2, 0.25) is 5.91 Å². The quantitative estimate of drug-likeness (QED) is 0.499. The molecule has 0 aromatic heterocycles. The normalized spacial score (nSPS) is 27.2. The van der Waals surface area contributed by atoms with E-state index in [1.54, 1.807) is 6.92 Å². The molecule has 0 saturated carbocycles. The summed E-state index contributed by atoms with van der Waals surface area (Å²) in [6.45, 7) is 6.62. The van der Waals surface area contributed by atoms with Gasteiger partial charge in [-0.3, -0.25) is 4.79 Å². The standard InChI is InChI=1S/C8H16N2O/c1-7-6-9(3)4-5-10(7)8(2)11/h7H,4-6H2,1-3H3/t7-/m1/s1. The van der Waals surface area contributed by atoms with Crippen molar-refractivity contribution in [2.75, 3.05) is 26.7 Å². The van der Waals surface area contributed by atoms with Crippen molar-refractivity contribution in [3.63, 3.8) is 0 Å². The number of nitrogens with zero attached hydrogens (tertiary/aromatic N) is 2. The summed E-state index contributed by atoms with van der Waals surface area (Å²) in [6.07, 6.45) is 0. The molecule has 1 aliphatic heterocycles. The van der Waals surface area contributed by atoms with Gasteiger partial charge in [-0.25, -0.2) is 0 Å². The SMILES string of the molecule is CC(=O)N1CCN(C)C[C@H]1C. The van der Waals surface area contributed by atoms with E-state index in [4.69, 9.17) is 0 Å². The smallest absolute Gasteiger partial charge is 0.219 e. The molecule has 0 spiro atoms. The molecule has 0 unspecified atom stereocenters. The Bertz CT molecular complexity index is 158. The highest BCUT2D eigenvalue weighted by Gasteiger charge is 2.22. The molecule has 0 aromatic carbocycles. The fraction of sp³-hybridized carbons (Fsp3) is 0.875. The van der Waals surface area contributed by atoms with Gasteiger partial charge in [0, 0.05) is 32.6 Å². The van der Waals surface area contributed by atoms with E-state index in [9.17, 15) is 4.79 Å². The van der Waals surface area contributed by atoms with Crippen LogP contribution < -0.4 is 0 Å². The van der Waals surface area contributed by atoms with Gasteiger partial charge in [-0.1, -0.05) is 0 Å². The van der Waals surface area contributed by atoms with Crippen LogP contribution in [-0.2, 0) is 4.79 Å². The fourth-order valence-electron chi connectivity index (χ4n) is 1.61. The predicted molar refractivity (Wildman–Crippen MR) is 44.3 cm³/mol. The first-order valence-electron chi connectivity index (χ1n) is 4.07. The summed E-state index contributed by atoms with van der Waals surface area (Å²) < 4.78 is 0. The summed E-state index contributed by atoms with van der Waals surface area (Å²) >= 11 is 0. The molecular formula is C8H16N2O. The van der Waals surface area contributed by atoms with E-state index in [-0.39, 0.29) is 5.91 Å². The highest BCUT2D eigenvalue weighted by atomic mass is 16.2. The summed E-state index contributed by atoms with van der Waals surface area (Å²) in [5, 5.41) is 0. The van der Waals surface area contributed by atoms with Gasteiger partial charge in [0.25, 0.3) is 0 Å². The third kappa shape index (κ3) is 1.93. The van der Waals surface area contributed by atoms with Crippen molar-refractivity contribution in [2.45, 2.75) is 19.9 Å². The Morgan fingerprint density at radius 1 is 1.45 bits per heavy atom. The lowest BCUT2D eigenvalue weighted by Crippen LogP contribution is -2.52. The third-order valence-corrected chi connectivity index (χ3v) is 2.24. The number of carbonyl (C=O) groups excluding carboxylic acids is 1. The molecule has 11 heavy (non-hydrogen) atoms. The maximum absolute atomic E-state index is 11.0. The van der Waals surface area contributed by atoms with E-state index in [0.717, 1.165) is 19.6 Å². The van der Waals surface area contributed by atoms with Gasteiger partial charge < -0.3 is 9.80 Å². The number of piperazine rings is 1. The van der Waals surface area contributed by atoms with Crippen LogP contribution in [0.25, 0.3) is 0 Å². The number of amides is 1. The average molecular weight is 156 g/mol. The zero-order valence-electron chi connectivity index (χ0n) is 7.50. The van der Waals surface area contributed by atoms with Crippen molar-refractivity contribution in [3.8, 4) is 0 Å². The number of likely N-dealkylation sites (N-methyl/N-ethyl adjacent to an activating group) is 1. The Kier molecular flexibility index (Phi) is 2.49. The molecular weight excluding hydrogens is 140 g/mol. The lowest BCUT2D eigenvalue weighted by Gasteiger charge is -2.37. The van der Waals surface area contributed by atoms with E-state index in [1.165, 1.54) is 0 Å². The molecule has 1 saturated heterocycles. The topological polar surface area (TPSA) is 23.6 Å². The van der Waals surface area contributed by atoms with E-state index in [0.29, 0.717) is 6.04 Å². The average Bonchev–Trinajstić information content (AvgIpc) is 1.85. The Hall–Kier alpha value is -0.570. The predicted octanol–water partition coefficient (Wildman–Crippen LogP) is 0.169.